The summed E-state index contributed by atoms with van der Waals surface area (Å²) < 4.78 is 6.03. The molecule has 2 N–H and O–H groups in total. The molecule has 2 rings (SSSR count). The van der Waals surface area contributed by atoms with Crippen molar-refractivity contribution in [2.75, 3.05) is 19.0 Å². The first-order chi connectivity index (χ1) is 11.0. The average molecular weight is 424 g/mol. The van der Waals surface area contributed by atoms with Gasteiger partial charge in [0.15, 0.2) is 0 Å². The highest BCUT2D eigenvalue weighted by Crippen LogP contribution is 2.22. The summed E-state index contributed by atoms with van der Waals surface area (Å²) >= 11 is 2.12. The monoisotopic (exact) mass is 424 g/mol. The predicted octanol–water partition coefficient (Wildman–Crippen LogP) is 3.30. The molecule has 5 nitrogen and oxygen atoms in total. The standard InChI is InChI=1S/C17H17IN2O3/c1-3-19-16(21)11-5-4-6-13(9-11)20-17(22)12-7-8-15(23-2)14(18)10-12/h4-10H,3H2,1-2H3,(H,19,21)(H,20,22). The minimum absolute atomic E-state index is 0.164. The number of ether oxygens (including phenoxy) is 1. The lowest BCUT2D eigenvalue weighted by Gasteiger charge is -2.09. The molecule has 0 bridgehead atoms. The third-order valence-electron chi connectivity index (χ3n) is 3.13. The normalized spacial score (nSPS) is 10.0. The number of nitrogens with one attached hydrogen (secondary N) is 2. The molecule has 2 aromatic carbocycles. The Morgan fingerprint density at radius 3 is 2.48 bits per heavy atom. The number of methoxy groups -OCH3 is 1. The Bertz CT molecular complexity index is 732. The van der Waals surface area contributed by atoms with E-state index in [9.17, 15) is 9.59 Å². The smallest absolute Gasteiger partial charge is 0.255 e. The zero-order valence-corrected chi connectivity index (χ0v) is 15.0. The topological polar surface area (TPSA) is 67.4 Å². The van der Waals surface area contributed by atoms with E-state index in [-0.39, 0.29) is 11.8 Å². The van der Waals surface area contributed by atoms with Crippen molar-refractivity contribution in [2.24, 2.45) is 0 Å². The summed E-state index contributed by atoms with van der Waals surface area (Å²) in [5, 5.41) is 5.52. The Morgan fingerprint density at radius 1 is 1.09 bits per heavy atom. The molecule has 0 fully saturated rings. The SMILES string of the molecule is CCNC(=O)c1cccc(NC(=O)c2ccc(OC)c(I)c2)c1. The van der Waals surface area contributed by atoms with Crippen LogP contribution in [0.5, 0.6) is 5.75 Å². The molecule has 0 aromatic heterocycles. The quantitative estimate of drug-likeness (QED) is 0.724. The Balaban J connectivity index is 2.15. The zero-order valence-electron chi connectivity index (χ0n) is 12.9. The van der Waals surface area contributed by atoms with Gasteiger partial charge in [0.1, 0.15) is 5.75 Å². The van der Waals surface area contributed by atoms with Crippen molar-refractivity contribution in [3.63, 3.8) is 0 Å². The molecule has 6 heteroatoms. The molecule has 0 spiro atoms. The Morgan fingerprint density at radius 2 is 1.83 bits per heavy atom. The summed E-state index contributed by atoms with van der Waals surface area (Å²) in [6.07, 6.45) is 0. The second-order valence-corrected chi connectivity index (χ2v) is 5.91. The molecule has 120 valence electrons. The fourth-order valence-corrected chi connectivity index (χ4v) is 2.75. The first-order valence-corrected chi connectivity index (χ1v) is 8.16. The van der Waals surface area contributed by atoms with Gasteiger partial charge >= 0.3 is 0 Å². The van der Waals surface area contributed by atoms with Crippen molar-refractivity contribution in [3.8, 4) is 5.75 Å². The van der Waals surface area contributed by atoms with Crippen LogP contribution in [-0.4, -0.2) is 25.5 Å². The zero-order chi connectivity index (χ0) is 16.8. The van der Waals surface area contributed by atoms with E-state index < -0.39 is 0 Å². The number of carbonyl (C=O) groups excluding carboxylic acids is 2. The minimum atomic E-state index is -0.237. The summed E-state index contributed by atoms with van der Waals surface area (Å²) in [7, 11) is 1.59. The lowest BCUT2D eigenvalue weighted by Crippen LogP contribution is -2.22. The van der Waals surface area contributed by atoms with Gasteiger partial charge in [-0.1, -0.05) is 6.07 Å². The van der Waals surface area contributed by atoms with Crippen molar-refractivity contribution >= 4 is 40.1 Å². The molecule has 0 unspecified atom stereocenters. The maximum Gasteiger partial charge on any atom is 0.255 e. The third-order valence-corrected chi connectivity index (χ3v) is 3.98. The van der Waals surface area contributed by atoms with Crippen LogP contribution in [0.25, 0.3) is 0 Å². The summed E-state index contributed by atoms with van der Waals surface area (Å²) in [4.78, 5) is 24.1. The number of benzene rings is 2. The molecule has 0 saturated carbocycles. The Labute approximate surface area is 148 Å². The van der Waals surface area contributed by atoms with Crippen molar-refractivity contribution < 1.29 is 14.3 Å². The van der Waals surface area contributed by atoms with Crippen molar-refractivity contribution in [1.82, 2.24) is 5.32 Å². The van der Waals surface area contributed by atoms with Gasteiger partial charge in [0.2, 0.25) is 0 Å². The molecular weight excluding hydrogens is 407 g/mol. The van der Waals surface area contributed by atoms with Crippen molar-refractivity contribution in [2.45, 2.75) is 6.92 Å². The average Bonchev–Trinajstić information content (AvgIpc) is 2.55. The maximum atomic E-state index is 12.3. The van der Waals surface area contributed by atoms with Gasteiger partial charge in [-0.15, -0.1) is 0 Å². The van der Waals surface area contributed by atoms with Crippen LogP contribution in [0.2, 0.25) is 0 Å². The van der Waals surface area contributed by atoms with Crippen LogP contribution in [0.4, 0.5) is 5.69 Å². The fraction of sp³-hybridized carbons (Fsp3) is 0.176. The van der Waals surface area contributed by atoms with E-state index in [1.165, 1.54) is 0 Å². The largest absolute Gasteiger partial charge is 0.496 e. The number of amides is 2. The van der Waals surface area contributed by atoms with Gasteiger partial charge in [-0.3, -0.25) is 9.59 Å². The van der Waals surface area contributed by atoms with Gasteiger partial charge in [0.25, 0.3) is 11.8 Å². The summed E-state index contributed by atoms with van der Waals surface area (Å²) in [6, 6.07) is 12.0. The number of halogens is 1. The molecule has 0 aliphatic rings. The van der Waals surface area contributed by atoms with Crippen LogP contribution in [-0.2, 0) is 0 Å². The Kier molecular flexibility index (Phi) is 5.97. The highest BCUT2D eigenvalue weighted by Gasteiger charge is 2.10. The van der Waals surface area contributed by atoms with Crippen LogP contribution in [0.1, 0.15) is 27.6 Å². The van der Waals surface area contributed by atoms with Gasteiger partial charge in [0, 0.05) is 23.4 Å². The van der Waals surface area contributed by atoms with Gasteiger partial charge < -0.3 is 15.4 Å². The fourth-order valence-electron chi connectivity index (χ4n) is 2.01. The molecule has 23 heavy (non-hydrogen) atoms. The van der Waals surface area contributed by atoms with Crippen LogP contribution in [0, 0.1) is 3.57 Å². The van der Waals surface area contributed by atoms with E-state index in [4.69, 9.17) is 4.74 Å². The lowest BCUT2D eigenvalue weighted by atomic mass is 10.1. The van der Waals surface area contributed by atoms with Gasteiger partial charge in [0.05, 0.1) is 10.7 Å². The summed E-state index contributed by atoms with van der Waals surface area (Å²) in [6.45, 7) is 2.41. The molecule has 2 amide bonds. The minimum Gasteiger partial charge on any atom is -0.496 e. The first kappa shape index (κ1) is 17.3. The van der Waals surface area contributed by atoms with Crippen molar-refractivity contribution in [1.29, 1.82) is 0 Å². The van der Waals surface area contributed by atoms with E-state index in [0.29, 0.717) is 23.4 Å². The highest BCUT2D eigenvalue weighted by molar-refractivity contribution is 14.1. The van der Waals surface area contributed by atoms with E-state index in [2.05, 4.69) is 33.2 Å². The van der Waals surface area contributed by atoms with Crippen LogP contribution in [0.15, 0.2) is 42.5 Å². The first-order valence-electron chi connectivity index (χ1n) is 7.08. The van der Waals surface area contributed by atoms with Crippen molar-refractivity contribution in [3.05, 3.63) is 57.2 Å². The molecule has 0 heterocycles. The maximum absolute atomic E-state index is 12.3. The third kappa shape index (κ3) is 4.44. The predicted molar refractivity (Wildman–Crippen MR) is 98.1 cm³/mol. The van der Waals surface area contributed by atoms with E-state index in [1.807, 2.05) is 6.92 Å². The van der Waals surface area contributed by atoms with E-state index in [0.717, 1.165) is 9.32 Å². The van der Waals surface area contributed by atoms with E-state index >= 15 is 0 Å². The number of rotatable bonds is 5. The lowest BCUT2D eigenvalue weighted by molar-refractivity contribution is 0.0954. The molecule has 0 radical (unpaired) electrons. The highest BCUT2D eigenvalue weighted by atomic mass is 127. The summed E-state index contributed by atoms with van der Waals surface area (Å²) in [5.41, 5.74) is 1.61. The molecule has 2 aromatic rings. The van der Waals surface area contributed by atoms with Crippen LogP contribution < -0.4 is 15.4 Å². The number of carbonyl (C=O) groups is 2. The molecule has 0 saturated heterocycles. The number of anilines is 1. The Hall–Kier alpha value is -2.09. The van der Waals surface area contributed by atoms with Crippen LogP contribution in [0.3, 0.4) is 0 Å². The molecular formula is C17H17IN2O3. The molecule has 0 aliphatic carbocycles. The molecule has 0 atom stereocenters. The second-order valence-electron chi connectivity index (χ2n) is 4.74. The number of hydrogen-bond donors (Lipinski definition) is 2. The van der Waals surface area contributed by atoms with Gasteiger partial charge in [-0.2, -0.15) is 0 Å². The van der Waals surface area contributed by atoms with Gasteiger partial charge in [-0.25, -0.2) is 0 Å². The molecule has 0 aliphatic heterocycles. The number of hydrogen-bond acceptors (Lipinski definition) is 3. The van der Waals surface area contributed by atoms with E-state index in [1.54, 1.807) is 49.6 Å². The van der Waals surface area contributed by atoms with Crippen LogP contribution >= 0.6 is 22.6 Å². The van der Waals surface area contributed by atoms with Gasteiger partial charge in [-0.05, 0) is 65.9 Å². The summed E-state index contributed by atoms with van der Waals surface area (Å²) in [5.74, 6) is 0.321. The second kappa shape index (κ2) is 7.96.